The molecule has 0 saturated carbocycles. The molecule has 0 fully saturated rings. The molecule has 1 N–H and O–H groups in total. The second-order valence-electron chi connectivity index (χ2n) is 7.25. The van der Waals surface area contributed by atoms with Crippen LogP contribution in [0.4, 0.5) is 0 Å². The number of benzene rings is 2. The number of H-pyrrole nitrogens is 1. The molecule has 8 heteroatoms. The number of hydrogen-bond donors (Lipinski definition) is 1. The Balaban J connectivity index is 1.43. The summed E-state index contributed by atoms with van der Waals surface area (Å²) in [5.74, 6) is 2.39. The van der Waals surface area contributed by atoms with E-state index in [1.54, 1.807) is 30.2 Å². The van der Waals surface area contributed by atoms with E-state index in [1.165, 1.54) is 0 Å². The lowest BCUT2D eigenvalue weighted by Gasteiger charge is -2.16. The fourth-order valence-corrected chi connectivity index (χ4v) is 3.89. The number of nitrogens with zero attached hydrogens (tertiary/aromatic N) is 3. The van der Waals surface area contributed by atoms with Crippen molar-refractivity contribution in [2.75, 3.05) is 13.7 Å². The lowest BCUT2D eigenvalue weighted by atomic mass is 10.2. The van der Waals surface area contributed by atoms with Gasteiger partial charge >= 0.3 is 0 Å². The number of hydrogen-bond acceptors (Lipinski definition) is 5. The summed E-state index contributed by atoms with van der Waals surface area (Å²) in [6.45, 7) is 0.412. The van der Waals surface area contributed by atoms with E-state index in [0.29, 0.717) is 34.9 Å². The number of aromatic nitrogens is 2. The minimum absolute atomic E-state index is 0.181. The number of halogens is 1. The summed E-state index contributed by atoms with van der Waals surface area (Å²) in [5, 5.41) is 0. The Labute approximate surface area is 192 Å². The van der Waals surface area contributed by atoms with Crippen LogP contribution in [-0.2, 0) is 11.2 Å². The predicted molar refractivity (Wildman–Crippen MR) is 125 cm³/mol. The molecule has 0 unspecified atom stereocenters. The van der Waals surface area contributed by atoms with Crippen molar-refractivity contribution in [2.45, 2.75) is 6.42 Å². The van der Waals surface area contributed by atoms with Crippen molar-refractivity contribution in [1.29, 1.82) is 0 Å². The Hall–Kier alpha value is -3.65. The lowest BCUT2D eigenvalue weighted by molar-refractivity contribution is -0.122. The van der Waals surface area contributed by atoms with Crippen molar-refractivity contribution in [2.24, 2.45) is 4.99 Å². The van der Waals surface area contributed by atoms with Gasteiger partial charge < -0.3 is 14.1 Å². The maximum absolute atomic E-state index is 13.3. The Bertz CT molecular complexity index is 1320. The number of methoxy groups -OCH3 is 1. The summed E-state index contributed by atoms with van der Waals surface area (Å²) in [5.41, 5.74) is 3.08. The highest BCUT2D eigenvalue weighted by Crippen LogP contribution is 2.25. The van der Waals surface area contributed by atoms with Crippen LogP contribution in [0.2, 0.25) is 0 Å². The number of furan rings is 1. The van der Waals surface area contributed by atoms with Crippen molar-refractivity contribution >= 4 is 44.8 Å². The van der Waals surface area contributed by atoms with Gasteiger partial charge in [-0.3, -0.25) is 9.69 Å². The van der Waals surface area contributed by atoms with Crippen LogP contribution in [-0.4, -0.2) is 40.3 Å². The van der Waals surface area contributed by atoms with Gasteiger partial charge in [0.05, 0.1) is 18.1 Å². The molecule has 2 aromatic heterocycles. The number of nitrogens with one attached hydrogen (secondary N) is 1. The Kier molecular flexibility index (Phi) is 5.36. The molecule has 0 spiro atoms. The van der Waals surface area contributed by atoms with Gasteiger partial charge in [0.15, 0.2) is 16.3 Å². The van der Waals surface area contributed by atoms with Crippen molar-refractivity contribution in [3.63, 3.8) is 0 Å². The van der Waals surface area contributed by atoms with Crippen molar-refractivity contribution in [1.82, 2.24) is 14.9 Å². The van der Waals surface area contributed by atoms with E-state index in [4.69, 9.17) is 9.15 Å². The highest BCUT2D eigenvalue weighted by atomic mass is 79.9. The molecule has 3 heterocycles. The number of imidazole rings is 1. The molecule has 4 aromatic rings. The Morgan fingerprint density at radius 2 is 1.94 bits per heavy atom. The van der Waals surface area contributed by atoms with Gasteiger partial charge in [-0.05, 0) is 64.0 Å². The molecule has 1 amide bonds. The predicted octanol–water partition coefficient (Wildman–Crippen LogP) is 4.80. The topological polar surface area (TPSA) is 83.7 Å². The number of carbonyl (C=O) groups is 1. The highest BCUT2D eigenvalue weighted by molar-refractivity contribution is 9.10. The minimum Gasteiger partial charge on any atom is -0.497 e. The summed E-state index contributed by atoms with van der Waals surface area (Å²) in [6.07, 6.45) is 2.32. The summed E-state index contributed by atoms with van der Waals surface area (Å²) in [6, 6.07) is 18.9. The molecule has 5 rings (SSSR count). The van der Waals surface area contributed by atoms with E-state index < -0.39 is 0 Å². The average Bonchev–Trinajstić information content (AvgIpc) is 3.50. The molecule has 32 heavy (non-hydrogen) atoms. The van der Waals surface area contributed by atoms with E-state index in [9.17, 15) is 4.79 Å². The fraction of sp³-hybridized carbons (Fsp3) is 0.125. The summed E-state index contributed by atoms with van der Waals surface area (Å²) < 4.78 is 11.5. The third-order valence-electron chi connectivity index (χ3n) is 5.17. The van der Waals surface area contributed by atoms with E-state index in [1.807, 2.05) is 48.5 Å². The molecule has 1 aliphatic heterocycles. The molecule has 1 aliphatic rings. The number of aliphatic imine (C=N–C) groups is 1. The third kappa shape index (κ3) is 3.97. The SMILES string of the molecule is COc1ccc(C=C2N=C(c3ccc(Br)o3)N(CCc3nc4ccccc4[nH]3)C2=O)cc1. The van der Waals surface area contributed by atoms with Crippen molar-refractivity contribution in [3.8, 4) is 5.75 Å². The second kappa shape index (κ2) is 8.47. The molecular weight excluding hydrogens is 472 g/mol. The number of carbonyl (C=O) groups excluding carboxylic acids is 1. The average molecular weight is 491 g/mol. The van der Waals surface area contributed by atoms with E-state index in [-0.39, 0.29) is 5.91 Å². The van der Waals surface area contributed by atoms with Gasteiger partial charge in [-0.2, -0.15) is 0 Å². The van der Waals surface area contributed by atoms with Gasteiger partial charge in [-0.25, -0.2) is 9.98 Å². The first-order valence-electron chi connectivity index (χ1n) is 10.1. The Morgan fingerprint density at radius 1 is 1.12 bits per heavy atom. The summed E-state index contributed by atoms with van der Waals surface area (Å²) in [4.78, 5) is 27.4. The van der Waals surface area contributed by atoms with Gasteiger partial charge in [0.25, 0.3) is 5.91 Å². The molecule has 160 valence electrons. The normalized spacial score (nSPS) is 15.1. The zero-order valence-electron chi connectivity index (χ0n) is 17.2. The number of amides is 1. The molecule has 0 radical (unpaired) electrons. The van der Waals surface area contributed by atoms with Gasteiger partial charge in [-0.1, -0.05) is 24.3 Å². The molecule has 0 saturated heterocycles. The first-order valence-corrected chi connectivity index (χ1v) is 10.9. The first-order chi connectivity index (χ1) is 15.6. The van der Waals surface area contributed by atoms with Crippen LogP contribution in [0, 0.1) is 0 Å². The lowest BCUT2D eigenvalue weighted by Crippen LogP contribution is -2.34. The highest BCUT2D eigenvalue weighted by Gasteiger charge is 2.32. The van der Waals surface area contributed by atoms with Crippen molar-refractivity contribution in [3.05, 3.63) is 88.2 Å². The molecular formula is C24H19BrN4O3. The number of fused-ring (bicyclic) bond motifs is 1. The van der Waals surface area contributed by atoms with Gasteiger partial charge in [-0.15, -0.1) is 0 Å². The number of ether oxygens (including phenoxy) is 1. The smallest absolute Gasteiger partial charge is 0.278 e. The monoisotopic (exact) mass is 490 g/mol. The van der Waals surface area contributed by atoms with Crippen LogP contribution >= 0.6 is 15.9 Å². The molecule has 2 aromatic carbocycles. The zero-order chi connectivity index (χ0) is 22.1. The zero-order valence-corrected chi connectivity index (χ0v) is 18.8. The first kappa shape index (κ1) is 20.3. The maximum Gasteiger partial charge on any atom is 0.278 e. The van der Waals surface area contributed by atoms with Crippen LogP contribution in [0.5, 0.6) is 5.75 Å². The van der Waals surface area contributed by atoms with Gasteiger partial charge in [0.1, 0.15) is 17.3 Å². The molecule has 7 nitrogen and oxygen atoms in total. The maximum atomic E-state index is 13.3. The van der Waals surface area contributed by atoms with E-state index in [2.05, 4.69) is 30.9 Å². The number of amidine groups is 1. The standard InChI is InChI=1S/C24H19BrN4O3/c1-31-16-8-6-15(7-9-16)14-19-24(30)29(23(28-19)20-10-11-21(25)32-20)13-12-22-26-17-4-2-3-5-18(17)27-22/h2-11,14H,12-13H2,1H3,(H,26,27). The second-order valence-corrected chi connectivity index (χ2v) is 8.03. The van der Waals surface area contributed by atoms with Gasteiger partial charge in [0.2, 0.25) is 0 Å². The molecule has 0 bridgehead atoms. The Morgan fingerprint density at radius 3 is 2.66 bits per heavy atom. The summed E-state index contributed by atoms with van der Waals surface area (Å²) in [7, 11) is 1.62. The van der Waals surface area contributed by atoms with Gasteiger partial charge in [0, 0.05) is 13.0 Å². The minimum atomic E-state index is -0.181. The fourth-order valence-electron chi connectivity index (χ4n) is 3.58. The van der Waals surface area contributed by atoms with Crippen molar-refractivity contribution < 1.29 is 13.9 Å². The molecule has 0 atom stereocenters. The quantitative estimate of drug-likeness (QED) is 0.393. The third-order valence-corrected chi connectivity index (χ3v) is 5.60. The number of rotatable bonds is 6. The van der Waals surface area contributed by atoms with E-state index in [0.717, 1.165) is 28.2 Å². The van der Waals surface area contributed by atoms with Crippen LogP contribution < -0.4 is 4.74 Å². The van der Waals surface area contributed by atoms with E-state index >= 15 is 0 Å². The van der Waals surface area contributed by atoms with Crippen LogP contribution in [0.15, 0.2) is 80.4 Å². The summed E-state index contributed by atoms with van der Waals surface area (Å²) >= 11 is 3.33. The van der Waals surface area contributed by atoms with Crippen LogP contribution in [0.3, 0.4) is 0 Å². The van der Waals surface area contributed by atoms with Crippen LogP contribution in [0.25, 0.3) is 17.1 Å². The largest absolute Gasteiger partial charge is 0.497 e. The van der Waals surface area contributed by atoms with Crippen LogP contribution in [0.1, 0.15) is 17.1 Å². The number of aromatic amines is 1. The molecule has 0 aliphatic carbocycles. The number of para-hydroxylation sites is 2.